The van der Waals surface area contributed by atoms with E-state index in [0.717, 1.165) is 16.8 Å². The van der Waals surface area contributed by atoms with Crippen LogP contribution < -0.4 is 4.90 Å². The summed E-state index contributed by atoms with van der Waals surface area (Å²) < 4.78 is 22.0. The van der Waals surface area contributed by atoms with E-state index in [1.54, 1.807) is 33.3 Å². The van der Waals surface area contributed by atoms with E-state index < -0.39 is 4.92 Å². The van der Waals surface area contributed by atoms with Crippen LogP contribution in [0.25, 0.3) is 11.1 Å². The Labute approximate surface area is 201 Å². The second kappa shape index (κ2) is 14.0. The standard InChI is InChI=1S/C25H36N2O7/c1-18(17-28)24-16-22(8-11-25(24)27(29)30)21-6-9-23(10-7-21)26(19(2)33-14-12-31-4)20(3)34-15-13-32-5/h6-11,16,18-20,28H,12-15,17H2,1-5H3. The molecule has 2 aromatic rings. The van der Waals surface area contributed by atoms with E-state index >= 15 is 0 Å². The lowest BCUT2D eigenvalue weighted by molar-refractivity contribution is -0.385. The number of benzene rings is 2. The fraction of sp³-hybridized carbons (Fsp3) is 0.520. The lowest BCUT2D eigenvalue weighted by Crippen LogP contribution is -2.44. The van der Waals surface area contributed by atoms with Crippen molar-refractivity contribution in [1.29, 1.82) is 0 Å². The minimum Gasteiger partial charge on any atom is -0.396 e. The Morgan fingerprint density at radius 3 is 1.88 bits per heavy atom. The van der Waals surface area contributed by atoms with E-state index in [9.17, 15) is 15.2 Å². The fourth-order valence-corrected chi connectivity index (χ4v) is 3.70. The second-order valence-corrected chi connectivity index (χ2v) is 7.99. The highest BCUT2D eigenvalue weighted by Crippen LogP contribution is 2.33. The number of rotatable bonds is 15. The van der Waals surface area contributed by atoms with E-state index in [4.69, 9.17) is 18.9 Å². The van der Waals surface area contributed by atoms with Crippen molar-refractivity contribution in [2.45, 2.75) is 39.1 Å². The summed E-state index contributed by atoms with van der Waals surface area (Å²) in [6, 6.07) is 12.9. The molecule has 188 valence electrons. The van der Waals surface area contributed by atoms with Gasteiger partial charge in [-0.3, -0.25) is 10.1 Å². The van der Waals surface area contributed by atoms with Gasteiger partial charge in [-0.1, -0.05) is 19.1 Å². The Kier molecular flexibility index (Phi) is 11.4. The summed E-state index contributed by atoms with van der Waals surface area (Å²) >= 11 is 0. The van der Waals surface area contributed by atoms with Gasteiger partial charge < -0.3 is 29.0 Å². The highest BCUT2D eigenvalue weighted by molar-refractivity contribution is 5.69. The van der Waals surface area contributed by atoms with Crippen molar-refractivity contribution < 1.29 is 29.0 Å². The molecule has 3 unspecified atom stereocenters. The molecule has 0 aliphatic rings. The van der Waals surface area contributed by atoms with E-state index in [1.807, 2.05) is 43.0 Å². The van der Waals surface area contributed by atoms with Gasteiger partial charge in [0, 0.05) is 44.1 Å². The molecule has 9 heteroatoms. The SMILES string of the molecule is COCCOC(C)N(c1ccc(-c2ccc([N+](=O)[O-])c(C(C)CO)c2)cc1)C(C)OCCOC. The molecular weight excluding hydrogens is 440 g/mol. The molecule has 0 bridgehead atoms. The predicted octanol–water partition coefficient (Wildman–Crippen LogP) is 4.18. The summed E-state index contributed by atoms with van der Waals surface area (Å²) in [5, 5.41) is 20.9. The second-order valence-electron chi connectivity index (χ2n) is 7.99. The summed E-state index contributed by atoms with van der Waals surface area (Å²) in [5.74, 6) is -0.342. The third kappa shape index (κ3) is 7.48. The minimum absolute atomic E-state index is 0.0113. The fourth-order valence-electron chi connectivity index (χ4n) is 3.70. The Hall–Kier alpha value is -2.56. The number of hydrogen-bond acceptors (Lipinski definition) is 8. The topological polar surface area (TPSA) is 104 Å². The maximum absolute atomic E-state index is 11.4. The Balaban J connectivity index is 2.32. The number of ether oxygens (including phenoxy) is 4. The molecule has 3 atom stereocenters. The average molecular weight is 477 g/mol. The Bertz CT molecular complexity index is 875. The number of hydrogen-bond donors (Lipinski definition) is 1. The van der Waals surface area contributed by atoms with Crippen LogP contribution in [0.1, 0.15) is 32.3 Å². The van der Waals surface area contributed by atoms with Gasteiger partial charge in [0.2, 0.25) is 0 Å². The zero-order valence-corrected chi connectivity index (χ0v) is 20.6. The molecule has 2 rings (SSSR count). The molecule has 0 saturated carbocycles. The first-order valence-electron chi connectivity index (χ1n) is 11.3. The first kappa shape index (κ1) is 27.7. The van der Waals surface area contributed by atoms with Crippen LogP contribution >= 0.6 is 0 Å². The van der Waals surface area contributed by atoms with Crippen molar-refractivity contribution in [3.8, 4) is 11.1 Å². The normalized spacial score (nSPS) is 13.9. The van der Waals surface area contributed by atoms with Crippen LogP contribution in [-0.4, -0.2) is 69.7 Å². The molecule has 0 spiro atoms. The van der Waals surface area contributed by atoms with E-state index in [-0.39, 0.29) is 30.7 Å². The van der Waals surface area contributed by atoms with Crippen molar-refractivity contribution >= 4 is 11.4 Å². The maximum atomic E-state index is 11.4. The van der Waals surface area contributed by atoms with Crippen molar-refractivity contribution in [3.05, 3.63) is 58.1 Å². The Morgan fingerprint density at radius 2 is 1.41 bits per heavy atom. The van der Waals surface area contributed by atoms with Crippen LogP contribution in [0.5, 0.6) is 0 Å². The number of aliphatic hydroxyl groups excluding tert-OH is 1. The number of nitrogens with zero attached hydrogens (tertiary/aromatic N) is 2. The van der Waals surface area contributed by atoms with Crippen molar-refractivity contribution in [2.75, 3.05) is 52.2 Å². The zero-order chi connectivity index (χ0) is 25.1. The summed E-state index contributed by atoms with van der Waals surface area (Å²) in [5.41, 5.74) is 3.18. The largest absolute Gasteiger partial charge is 0.396 e. The van der Waals surface area contributed by atoms with Gasteiger partial charge in [0.25, 0.3) is 5.69 Å². The highest BCUT2D eigenvalue weighted by Gasteiger charge is 2.23. The van der Waals surface area contributed by atoms with E-state index in [2.05, 4.69) is 0 Å². The molecule has 2 aromatic carbocycles. The summed E-state index contributed by atoms with van der Waals surface area (Å²) in [6.45, 7) is 7.40. The van der Waals surface area contributed by atoms with Gasteiger partial charge in [0.15, 0.2) is 0 Å². The predicted molar refractivity (Wildman–Crippen MR) is 131 cm³/mol. The average Bonchev–Trinajstić information content (AvgIpc) is 2.84. The zero-order valence-electron chi connectivity index (χ0n) is 20.6. The molecule has 0 aliphatic heterocycles. The summed E-state index contributed by atoms with van der Waals surface area (Å²) in [7, 11) is 3.26. The first-order valence-corrected chi connectivity index (χ1v) is 11.3. The lowest BCUT2D eigenvalue weighted by atomic mass is 9.95. The van der Waals surface area contributed by atoms with Crippen LogP contribution in [0.2, 0.25) is 0 Å². The number of nitro benzene ring substituents is 1. The van der Waals surface area contributed by atoms with Gasteiger partial charge in [-0.2, -0.15) is 0 Å². The number of methoxy groups -OCH3 is 2. The van der Waals surface area contributed by atoms with Gasteiger partial charge in [-0.25, -0.2) is 0 Å². The van der Waals surface area contributed by atoms with Crippen LogP contribution in [0.3, 0.4) is 0 Å². The molecule has 0 aliphatic carbocycles. The molecule has 1 N–H and O–H groups in total. The van der Waals surface area contributed by atoms with Crippen molar-refractivity contribution in [2.24, 2.45) is 0 Å². The molecule has 0 heterocycles. The molecule has 0 amide bonds. The third-order valence-corrected chi connectivity index (χ3v) is 5.60. The van der Waals surface area contributed by atoms with Gasteiger partial charge in [-0.15, -0.1) is 0 Å². The molecular formula is C25H36N2O7. The van der Waals surface area contributed by atoms with Crippen LogP contribution in [0.4, 0.5) is 11.4 Å². The number of nitro groups is 1. The Morgan fingerprint density at radius 1 is 0.882 bits per heavy atom. The van der Waals surface area contributed by atoms with Crippen LogP contribution in [-0.2, 0) is 18.9 Å². The molecule has 0 fully saturated rings. The monoisotopic (exact) mass is 476 g/mol. The van der Waals surface area contributed by atoms with E-state index in [1.165, 1.54) is 6.07 Å². The van der Waals surface area contributed by atoms with Crippen molar-refractivity contribution in [3.63, 3.8) is 0 Å². The minimum atomic E-state index is -0.414. The van der Waals surface area contributed by atoms with Gasteiger partial charge in [0.05, 0.1) is 31.4 Å². The van der Waals surface area contributed by atoms with Gasteiger partial charge in [0.1, 0.15) is 12.5 Å². The van der Waals surface area contributed by atoms with Gasteiger partial charge in [-0.05, 0) is 49.2 Å². The maximum Gasteiger partial charge on any atom is 0.272 e. The molecule has 34 heavy (non-hydrogen) atoms. The van der Waals surface area contributed by atoms with Crippen molar-refractivity contribution in [1.82, 2.24) is 0 Å². The lowest BCUT2D eigenvalue weighted by Gasteiger charge is -2.36. The smallest absolute Gasteiger partial charge is 0.272 e. The van der Waals surface area contributed by atoms with Crippen LogP contribution in [0, 0.1) is 10.1 Å². The van der Waals surface area contributed by atoms with Gasteiger partial charge >= 0.3 is 0 Å². The third-order valence-electron chi connectivity index (χ3n) is 5.60. The molecule has 0 radical (unpaired) electrons. The molecule has 0 saturated heterocycles. The summed E-state index contributed by atoms with van der Waals surface area (Å²) in [4.78, 5) is 13.0. The number of anilines is 1. The highest BCUT2D eigenvalue weighted by atomic mass is 16.6. The summed E-state index contributed by atoms with van der Waals surface area (Å²) in [6.07, 6.45) is -0.537. The molecule has 0 aromatic heterocycles. The quantitative estimate of drug-likeness (QED) is 0.177. The van der Waals surface area contributed by atoms with E-state index in [0.29, 0.717) is 32.0 Å². The van der Waals surface area contributed by atoms with Crippen LogP contribution in [0.15, 0.2) is 42.5 Å². The molecule has 9 nitrogen and oxygen atoms in total. The number of aliphatic hydroxyl groups is 1. The first-order chi connectivity index (χ1) is 16.3.